The van der Waals surface area contributed by atoms with Crippen LogP contribution in [0, 0.1) is 17.2 Å². The number of fused-ring (bicyclic) bond motifs is 1. The van der Waals surface area contributed by atoms with E-state index < -0.39 is 0 Å². The van der Waals surface area contributed by atoms with E-state index in [0.29, 0.717) is 42.7 Å². The number of nitrogen functional groups attached to an aromatic ring is 1. The molecule has 25 heavy (non-hydrogen) atoms. The molecule has 7 heteroatoms. The van der Waals surface area contributed by atoms with Gasteiger partial charge in [0.2, 0.25) is 0 Å². The molecule has 0 unspecified atom stereocenters. The summed E-state index contributed by atoms with van der Waals surface area (Å²) in [6.07, 6.45) is 2.60. The predicted octanol–water partition coefficient (Wildman–Crippen LogP) is 2.16. The Morgan fingerprint density at radius 3 is 2.96 bits per heavy atom. The molecule has 130 valence electrons. The molecule has 2 aromatic rings. The highest BCUT2D eigenvalue weighted by molar-refractivity contribution is 5.79. The lowest BCUT2D eigenvalue weighted by Gasteiger charge is -2.25. The number of carbonyl (C=O) groups is 1. The van der Waals surface area contributed by atoms with Gasteiger partial charge in [0.15, 0.2) is 0 Å². The molecule has 1 atom stereocenters. The molecule has 0 saturated carbocycles. The van der Waals surface area contributed by atoms with E-state index in [4.69, 9.17) is 10.5 Å². The molecule has 2 heterocycles. The average Bonchev–Trinajstić information content (AvgIpc) is 3.09. The van der Waals surface area contributed by atoms with E-state index in [1.54, 1.807) is 6.92 Å². The molecule has 3 rings (SSSR count). The van der Waals surface area contributed by atoms with Gasteiger partial charge in [0.05, 0.1) is 18.2 Å². The third-order valence-electron chi connectivity index (χ3n) is 4.59. The van der Waals surface area contributed by atoms with Gasteiger partial charge in [-0.1, -0.05) is 6.92 Å². The molecule has 0 aromatic carbocycles. The number of hydrogen-bond donors (Lipinski definition) is 2. The van der Waals surface area contributed by atoms with Crippen molar-refractivity contribution in [2.75, 3.05) is 12.3 Å². The summed E-state index contributed by atoms with van der Waals surface area (Å²) in [5, 5.41) is 16.9. The number of anilines is 1. The molecule has 7 nitrogen and oxygen atoms in total. The number of nitriles is 1. The second kappa shape index (κ2) is 6.93. The van der Waals surface area contributed by atoms with Gasteiger partial charge in [-0.15, -0.1) is 0 Å². The Balaban J connectivity index is 2.12. The normalized spacial score (nSPS) is 16.1. The third kappa shape index (κ3) is 3.07. The van der Waals surface area contributed by atoms with E-state index in [2.05, 4.69) is 21.3 Å². The number of aromatic nitrogens is 3. The Hall–Kier alpha value is -2.88. The Morgan fingerprint density at radius 2 is 2.32 bits per heavy atom. The molecular formula is C18H21N5O2. The van der Waals surface area contributed by atoms with E-state index in [1.165, 1.54) is 0 Å². The van der Waals surface area contributed by atoms with Crippen LogP contribution in [0.15, 0.2) is 6.07 Å². The Morgan fingerprint density at radius 1 is 1.52 bits per heavy atom. The van der Waals surface area contributed by atoms with E-state index in [1.807, 2.05) is 13.0 Å². The van der Waals surface area contributed by atoms with Gasteiger partial charge in [-0.25, -0.2) is 4.98 Å². The maximum absolute atomic E-state index is 12.2. The number of nitrogens with zero attached hydrogens (tertiary/aromatic N) is 3. The summed E-state index contributed by atoms with van der Waals surface area (Å²) in [4.78, 5) is 16.6. The molecule has 0 fully saturated rings. The summed E-state index contributed by atoms with van der Waals surface area (Å²) in [5.41, 5.74) is 10.4. The van der Waals surface area contributed by atoms with Crippen LogP contribution in [0.1, 0.15) is 42.8 Å². The van der Waals surface area contributed by atoms with Gasteiger partial charge in [-0.2, -0.15) is 10.4 Å². The van der Waals surface area contributed by atoms with Crippen LogP contribution in [-0.2, 0) is 28.8 Å². The fourth-order valence-corrected chi connectivity index (χ4v) is 3.31. The standard InChI is InChI=1S/C18H21N5O2/c1-3-11-8-15(23-22-11)16-12-7-10(18(24)25-4-2)5-6-14(12)21-17(20)13(16)9-19/h8,10H,3-7H2,1-2H3,(H2,20,21)(H,22,23)/t10-/m0/s1. The molecule has 0 radical (unpaired) electrons. The summed E-state index contributed by atoms with van der Waals surface area (Å²) in [7, 11) is 0. The maximum atomic E-state index is 12.2. The van der Waals surface area contributed by atoms with Gasteiger partial charge in [0, 0.05) is 17.0 Å². The lowest BCUT2D eigenvalue weighted by Crippen LogP contribution is -2.26. The zero-order valence-electron chi connectivity index (χ0n) is 14.4. The van der Waals surface area contributed by atoms with Gasteiger partial charge in [-0.3, -0.25) is 9.89 Å². The lowest BCUT2D eigenvalue weighted by molar-refractivity contribution is -0.148. The fourth-order valence-electron chi connectivity index (χ4n) is 3.31. The van der Waals surface area contributed by atoms with Gasteiger partial charge < -0.3 is 10.5 Å². The smallest absolute Gasteiger partial charge is 0.309 e. The van der Waals surface area contributed by atoms with Crippen LogP contribution in [0.2, 0.25) is 0 Å². The number of hydrogen-bond acceptors (Lipinski definition) is 6. The minimum Gasteiger partial charge on any atom is -0.466 e. The van der Waals surface area contributed by atoms with E-state index in [0.717, 1.165) is 23.4 Å². The van der Waals surface area contributed by atoms with Crippen LogP contribution < -0.4 is 5.73 Å². The first-order valence-electron chi connectivity index (χ1n) is 8.51. The van der Waals surface area contributed by atoms with Crippen molar-refractivity contribution in [1.82, 2.24) is 15.2 Å². The maximum Gasteiger partial charge on any atom is 0.309 e. The van der Waals surface area contributed by atoms with Crippen molar-refractivity contribution in [3.63, 3.8) is 0 Å². The zero-order chi connectivity index (χ0) is 18.0. The number of nitrogens with two attached hydrogens (primary N) is 1. The second-order valence-electron chi connectivity index (χ2n) is 6.11. The molecule has 0 bridgehead atoms. The van der Waals surface area contributed by atoms with Crippen molar-refractivity contribution in [1.29, 1.82) is 5.26 Å². The zero-order valence-corrected chi connectivity index (χ0v) is 14.4. The summed E-state index contributed by atoms with van der Waals surface area (Å²) in [6.45, 7) is 4.18. The Bertz CT molecular complexity index is 850. The molecular weight excluding hydrogens is 318 g/mol. The first-order chi connectivity index (χ1) is 12.1. The van der Waals surface area contributed by atoms with Crippen LogP contribution >= 0.6 is 0 Å². The first-order valence-corrected chi connectivity index (χ1v) is 8.51. The van der Waals surface area contributed by atoms with Gasteiger partial charge in [-0.05, 0) is 44.2 Å². The van der Waals surface area contributed by atoms with Crippen molar-refractivity contribution in [3.8, 4) is 17.3 Å². The van der Waals surface area contributed by atoms with Crippen molar-refractivity contribution < 1.29 is 9.53 Å². The summed E-state index contributed by atoms with van der Waals surface area (Å²) in [5.74, 6) is -0.217. The first kappa shape index (κ1) is 17.0. The van der Waals surface area contributed by atoms with Gasteiger partial charge in [0.1, 0.15) is 17.5 Å². The van der Waals surface area contributed by atoms with Gasteiger partial charge in [0.25, 0.3) is 0 Å². The largest absolute Gasteiger partial charge is 0.466 e. The molecule has 0 amide bonds. The molecule has 1 aliphatic carbocycles. The van der Waals surface area contributed by atoms with Crippen LogP contribution in [0.4, 0.5) is 5.82 Å². The number of pyridine rings is 1. The number of rotatable bonds is 4. The quantitative estimate of drug-likeness (QED) is 0.824. The second-order valence-corrected chi connectivity index (χ2v) is 6.11. The summed E-state index contributed by atoms with van der Waals surface area (Å²) in [6, 6.07) is 4.07. The number of H-pyrrole nitrogens is 1. The van der Waals surface area contributed by atoms with E-state index >= 15 is 0 Å². The Labute approximate surface area is 146 Å². The molecule has 0 spiro atoms. The van der Waals surface area contributed by atoms with E-state index in [-0.39, 0.29) is 17.7 Å². The molecule has 2 aromatic heterocycles. The number of aryl methyl sites for hydroxylation is 2. The van der Waals surface area contributed by atoms with E-state index in [9.17, 15) is 10.1 Å². The predicted molar refractivity (Wildman–Crippen MR) is 92.5 cm³/mol. The minimum absolute atomic E-state index is 0.203. The van der Waals surface area contributed by atoms with Crippen molar-refractivity contribution in [2.45, 2.75) is 39.5 Å². The minimum atomic E-state index is -0.229. The highest BCUT2D eigenvalue weighted by Crippen LogP contribution is 2.37. The van der Waals surface area contributed by atoms with Gasteiger partial charge >= 0.3 is 5.97 Å². The SMILES string of the molecule is CCOC(=O)[C@H]1CCc2nc(N)c(C#N)c(-c3cc(CC)[nH]n3)c2C1. The molecule has 1 aliphatic rings. The number of esters is 1. The van der Waals surface area contributed by atoms with Crippen molar-refractivity contribution in [3.05, 3.63) is 28.6 Å². The highest BCUT2D eigenvalue weighted by Gasteiger charge is 2.31. The average molecular weight is 339 g/mol. The number of aromatic amines is 1. The third-order valence-corrected chi connectivity index (χ3v) is 4.59. The van der Waals surface area contributed by atoms with Crippen molar-refractivity contribution in [2.24, 2.45) is 5.92 Å². The lowest BCUT2D eigenvalue weighted by atomic mass is 9.82. The van der Waals surface area contributed by atoms with Crippen LogP contribution in [0.25, 0.3) is 11.3 Å². The number of nitrogens with one attached hydrogen (secondary N) is 1. The highest BCUT2D eigenvalue weighted by atomic mass is 16.5. The molecule has 0 saturated heterocycles. The van der Waals surface area contributed by atoms with Crippen LogP contribution in [0.5, 0.6) is 0 Å². The summed E-state index contributed by atoms with van der Waals surface area (Å²) >= 11 is 0. The Kier molecular flexibility index (Phi) is 4.70. The monoisotopic (exact) mass is 339 g/mol. The van der Waals surface area contributed by atoms with Crippen LogP contribution in [0.3, 0.4) is 0 Å². The topological polar surface area (TPSA) is 118 Å². The van der Waals surface area contributed by atoms with Crippen LogP contribution in [-0.4, -0.2) is 27.8 Å². The van der Waals surface area contributed by atoms with Crippen molar-refractivity contribution >= 4 is 11.8 Å². The molecule has 3 N–H and O–H groups in total. The number of ether oxygens (including phenoxy) is 1. The fraction of sp³-hybridized carbons (Fsp3) is 0.444. The number of carbonyl (C=O) groups excluding carboxylic acids is 1. The molecule has 0 aliphatic heterocycles. The summed E-state index contributed by atoms with van der Waals surface area (Å²) < 4.78 is 5.17.